The lowest BCUT2D eigenvalue weighted by molar-refractivity contribution is -0.0287. The van der Waals surface area contributed by atoms with Gasteiger partial charge in [0, 0.05) is 35.6 Å². The van der Waals surface area contributed by atoms with Crippen LogP contribution in [0.15, 0.2) is 70.1 Å². The molecule has 0 bridgehead atoms. The zero-order valence-electron chi connectivity index (χ0n) is 20.5. The molecule has 0 spiro atoms. The highest BCUT2D eigenvalue weighted by atomic mass is 16.6. The summed E-state index contributed by atoms with van der Waals surface area (Å²) >= 11 is 0. The number of nitrogens with zero attached hydrogens (tertiary/aromatic N) is 2. The van der Waals surface area contributed by atoms with Gasteiger partial charge in [0.15, 0.2) is 0 Å². The molecule has 2 aromatic carbocycles. The van der Waals surface area contributed by atoms with Gasteiger partial charge in [-0.15, -0.1) is 0 Å². The Bertz CT molecular complexity index is 1460. The van der Waals surface area contributed by atoms with Crippen molar-refractivity contribution in [3.8, 4) is 22.9 Å². The lowest BCUT2D eigenvalue weighted by atomic mass is 9.89. The second-order valence-electron chi connectivity index (χ2n) is 10.2. The number of piperidine rings is 1. The minimum Gasteiger partial charge on any atom is -0.484 e. The summed E-state index contributed by atoms with van der Waals surface area (Å²) in [6.45, 7) is 6.15. The molecule has 0 radical (unpaired) electrons. The third-order valence-electron chi connectivity index (χ3n) is 7.28. The fraction of sp³-hybridized carbons (Fsp3) is 0.345. The first-order chi connectivity index (χ1) is 17.4. The average Bonchev–Trinajstić information content (AvgIpc) is 2.89. The Morgan fingerprint density at radius 3 is 2.61 bits per heavy atom. The van der Waals surface area contributed by atoms with Crippen LogP contribution in [0.2, 0.25) is 0 Å². The number of hydrogen-bond acceptors (Lipinski definition) is 7. The van der Waals surface area contributed by atoms with Gasteiger partial charge in [0.1, 0.15) is 29.4 Å². The zero-order chi connectivity index (χ0) is 24.7. The summed E-state index contributed by atoms with van der Waals surface area (Å²) in [4.78, 5) is 20.5. The fourth-order valence-corrected chi connectivity index (χ4v) is 5.17. The highest BCUT2D eigenvalue weighted by Crippen LogP contribution is 2.37. The number of rotatable bonds is 4. The van der Waals surface area contributed by atoms with Gasteiger partial charge >= 0.3 is 5.63 Å². The molecular weight excluding hydrogens is 454 g/mol. The highest BCUT2D eigenvalue weighted by Gasteiger charge is 2.39. The average molecular weight is 484 g/mol. The second-order valence-corrected chi connectivity index (χ2v) is 10.2. The third kappa shape index (κ3) is 4.46. The summed E-state index contributed by atoms with van der Waals surface area (Å²) in [6.07, 6.45) is 4.28. The van der Waals surface area contributed by atoms with Crippen LogP contribution in [0, 0.1) is 0 Å². The Morgan fingerprint density at radius 1 is 1.00 bits per heavy atom. The Balaban J connectivity index is 1.23. The minimum absolute atomic E-state index is 0.261. The second kappa shape index (κ2) is 9.06. The Labute approximate surface area is 209 Å². The summed E-state index contributed by atoms with van der Waals surface area (Å²) in [5, 5.41) is 4.28. The summed E-state index contributed by atoms with van der Waals surface area (Å²) in [6, 6.07) is 17.6. The maximum absolute atomic E-state index is 11.6. The molecule has 2 aliphatic heterocycles. The van der Waals surface area contributed by atoms with Crippen LogP contribution in [0.5, 0.6) is 11.6 Å². The molecule has 2 aliphatic rings. The molecule has 4 aromatic rings. The van der Waals surface area contributed by atoms with Gasteiger partial charge in [-0.2, -0.15) is 0 Å². The van der Waals surface area contributed by atoms with Crippen LogP contribution in [0.25, 0.3) is 22.2 Å². The molecule has 0 unspecified atom stereocenters. The van der Waals surface area contributed by atoms with Crippen LogP contribution in [0.1, 0.15) is 43.7 Å². The summed E-state index contributed by atoms with van der Waals surface area (Å²) in [7, 11) is 0. The maximum atomic E-state index is 11.6. The van der Waals surface area contributed by atoms with Gasteiger partial charge in [0.25, 0.3) is 0 Å². The van der Waals surface area contributed by atoms with E-state index in [1.807, 2.05) is 26.0 Å². The quantitative estimate of drug-likeness (QED) is 0.414. The monoisotopic (exact) mass is 483 g/mol. The number of aromatic nitrogens is 2. The van der Waals surface area contributed by atoms with E-state index in [0.717, 1.165) is 35.3 Å². The summed E-state index contributed by atoms with van der Waals surface area (Å²) in [5.74, 6) is 1.84. The number of nitrogens with one attached hydrogen (secondary N) is 1. The topological polar surface area (TPSA) is 86.5 Å². The molecule has 0 aliphatic carbocycles. The largest absolute Gasteiger partial charge is 0.484 e. The zero-order valence-corrected chi connectivity index (χ0v) is 20.5. The molecule has 1 fully saturated rings. The van der Waals surface area contributed by atoms with Crippen LogP contribution in [0.4, 0.5) is 0 Å². The molecule has 0 amide bonds. The van der Waals surface area contributed by atoms with Crippen molar-refractivity contribution < 1.29 is 13.9 Å². The molecule has 7 nitrogen and oxygen atoms in total. The van der Waals surface area contributed by atoms with Crippen molar-refractivity contribution in [2.45, 2.75) is 50.7 Å². The Morgan fingerprint density at radius 2 is 1.81 bits per heavy atom. The van der Waals surface area contributed by atoms with Crippen molar-refractivity contribution in [1.82, 2.24) is 15.3 Å². The molecule has 1 atom stereocenters. The van der Waals surface area contributed by atoms with Crippen molar-refractivity contribution in [3.63, 3.8) is 0 Å². The van der Waals surface area contributed by atoms with Crippen molar-refractivity contribution in [1.29, 1.82) is 0 Å². The van der Waals surface area contributed by atoms with Gasteiger partial charge in [0.05, 0.1) is 5.69 Å². The van der Waals surface area contributed by atoms with E-state index in [0.29, 0.717) is 29.6 Å². The first kappa shape index (κ1) is 22.7. The standard InChI is InChI=1S/C29H29N3O4/c1-29(2)26(14-22-13-21-7-8-28(33)34-24(21)16-25(22)36-29)35-27-15-23(31-17-32-27)20-5-3-18(4-6-20)19-9-11-30-12-10-19/h3-8,13,15-17,19,26,30H,9-12,14H2,1-2H3/t26-/m0/s1. The predicted molar refractivity (Wildman–Crippen MR) is 138 cm³/mol. The van der Waals surface area contributed by atoms with Gasteiger partial charge in [0.2, 0.25) is 5.88 Å². The normalized spacial score (nSPS) is 19.4. The van der Waals surface area contributed by atoms with Crippen LogP contribution in [-0.2, 0) is 6.42 Å². The maximum Gasteiger partial charge on any atom is 0.336 e. The van der Waals surface area contributed by atoms with E-state index in [2.05, 4.69) is 39.6 Å². The Kier molecular flexibility index (Phi) is 5.72. The van der Waals surface area contributed by atoms with E-state index in [9.17, 15) is 4.79 Å². The van der Waals surface area contributed by atoms with E-state index in [4.69, 9.17) is 13.9 Å². The molecule has 1 saturated heterocycles. The van der Waals surface area contributed by atoms with Gasteiger partial charge in [-0.05, 0) is 69.0 Å². The molecule has 4 heterocycles. The summed E-state index contributed by atoms with van der Waals surface area (Å²) < 4.78 is 18.0. The first-order valence-electron chi connectivity index (χ1n) is 12.5. The van der Waals surface area contributed by atoms with Gasteiger partial charge in [-0.25, -0.2) is 14.8 Å². The number of ether oxygens (including phenoxy) is 2. The molecular formula is C29H29N3O4. The van der Waals surface area contributed by atoms with Crippen molar-refractivity contribution in [3.05, 3.63) is 82.5 Å². The van der Waals surface area contributed by atoms with Crippen LogP contribution in [-0.4, -0.2) is 34.8 Å². The van der Waals surface area contributed by atoms with E-state index in [1.54, 1.807) is 18.5 Å². The SMILES string of the molecule is CC1(C)Oc2cc3oc(=O)ccc3cc2C[C@@H]1Oc1cc(-c2ccc(C3CCNCC3)cc2)ncn1. The van der Waals surface area contributed by atoms with Crippen molar-refractivity contribution in [2.24, 2.45) is 0 Å². The predicted octanol–water partition coefficient (Wildman–Crippen LogP) is 4.88. The van der Waals surface area contributed by atoms with Gasteiger partial charge < -0.3 is 19.2 Å². The molecule has 6 rings (SSSR count). The fourth-order valence-electron chi connectivity index (χ4n) is 5.17. The van der Waals surface area contributed by atoms with Crippen LogP contribution in [0.3, 0.4) is 0 Å². The lowest BCUT2D eigenvalue weighted by Gasteiger charge is -2.39. The number of fused-ring (bicyclic) bond motifs is 2. The molecule has 7 heteroatoms. The van der Waals surface area contributed by atoms with E-state index < -0.39 is 5.60 Å². The van der Waals surface area contributed by atoms with E-state index in [1.165, 1.54) is 24.5 Å². The summed E-state index contributed by atoms with van der Waals surface area (Å²) in [5.41, 5.74) is 3.78. The van der Waals surface area contributed by atoms with Gasteiger partial charge in [-0.3, -0.25) is 0 Å². The molecule has 0 saturated carbocycles. The highest BCUT2D eigenvalue weighted by molar-refractivity contribution is 5.79. The van der Waals surface area contributed by atoms with Crippen LogP contribution >= 0.6 is 0 Å². The first-order valence-corrected chi connectivity index (χ1v) is 12.5. The number of hydrogen-bond donors (Lipinski definition) is 1. The Hall–Kier alpha value is -3.71. The molecule has 184 valence electrons. The molecule has 2 aromatic heterocycles. The number of benzene rings is 2. The molecule has 1 N–H and O–H groups in total. The van der Waals surface area contributed by atoms with Gasteiger partial charge in [-0.1, -0.05) is 24.3 Å². The van der Waals surface area contributed by atoms with Crippen molar-refractivity contribution >= 4 is 11.0 Å². The molecule has 36 heavy (non-hydrogen) atoms. The third-order valence-corrected chi connectivity index (χ3v) is 7.28. The van der Waals surface area contributed by atoms with Crippen molar-refractivity contribution in [2.75, 3.05) is 13.1 Å². The smallest absolute Gasteiger partial charge is 0.336 e. The van der Waals surface area contributed by atoms with E-state index >= 15 is 0 Å². The van der Waals surface area contributed by atoms with E-state index in [-0.39, 0.29) is 11.7 Å². The minimum atomic E-state index is -0.614. The van der Waals surface area contributed by atoms with Crippen LogP contribution < -0.4 is 20.4 Å². The lowest BCUT2D eigenvalue weighted by Crippen LogP contribution is -2.49.